The number of aryl methyl sites for hydroxylation is 2. The van der Waals surface area contributed by atoms with E-state index in [1.54, 1.807) is 6.92 Å². The van der Waals surface area contributed by atoms with Crippen LogP contribution in [0.4, 0.5) is 0 Å². The molecule has 8 heteroatoms. The minimum absolute atomic E-state index is 0.160. The second-order valence-corrected chi connectivity index (χ2v) is 8.52. The van der Waals surface area contributed by atoms with Gasteiger partial charge in [0.05, 0.1) is 29.7 Å². The van der Waals surface area contributed by atoms with E-state index in [0.717, 1.165) is 24.2 Å². The molecule has 4 heterocycles. The van der Waals surface area contributed by atoms with Gasteiger partial charge >= 0.3 is 0 Å². The number of carbonyl (C=O) groups is 3. The molecule has 28 heavy (non-hydrogen) atoms. The van der Waals surface area contributed by atoms with Crippen molar-refractivity contribution in [1.29, 1.82) is 0 Å². The second-order valence-electron chi connectivity index (χ2n) is 8.52. The summed E-state index contributed by atoms with van der Waals surface area (Å²) >= 11 is 0. The van der Waals surface area contributed by atoms with E-state index in [-0.39, 0.29) is 35.8 Å². The van der Waals surface area contributed by atoms with E-state index < -0.39 is 17.9 Å². The zero-order valence-electron chi connectivity index (χ0n) is 16.8. The van der Waals surface area contributed by atoms with Crippen LogP contribution in [-0.4, -0.2) is 57.2 Å². The van der Waals surface area contributed by atoms with E-state index in [1.807, 2.05) is 31.5 Å². The van der Waals surface area contributed by atoms with Crippen molar-refractivity contribution >= 4 is 17.7 Å². The lowest BCUT2D eigenvalue weighted by Gasteiger charge is -2.24. The van der Waals surface area contributed by atoms with Crippen LogP contribution >= 0.6 is 0 Å². The van der Waals surface area contributed by atoms with Gasteiger partial charge in [-0.2, -0.15) is 5.10 Å². The first-order valence-corrected chi connectivity index (χ1v) is 10.1. The molecule has 3 aliphatic heterocycles. The van der Waals surface area contributed by atoms with Crippen molar-refractivity contribution in [3.05, 3.63) is 17.5 Å². The third-order valence-electron chi connectivity index (χ3n) is 6.30. The molecule has 0 aliphatic carbocycles. The summed E-state index contributed by atoms with van der Waals surface area (Å²) in [6, 6.07) is 1.22. The Balaban J connectivity index is 1.34. The molecule has 0 unspecified atom stereocenters. The Morgan fingerprint density at radius 3 is 2.36 bits per heavy atom. The summed E-state index contributed by atoms with van der Waals surface area (Å²) < 4.78 is 7.67. The number of hydrogen-bond acceptors (Lipinski definition) is 5. The quantitative estimate of drug-likeness (QED) is 0.728. The summed E-state index contributed by atoms with van der Waals surface area (Å²) in [7, 11) is 0. The Morgan fingerprint density at radius 2 is 1.82 bits per heavy atom. The van der Waals surface area contributed by atoms with Crippen LogP contribution in [0, 0.1) is 31.6 Å². The van der Waals surface area contributed by atoms with Crippen molar-refractivity contribution in [2.24, 2.45) is 17.8 Å². The molecule has 0 saturated carbocycles. The largest absolute Gasteiger partial charge is 0.373 e. The fraction of sp³-hybridized carbons (Fsp3) is 0.700. The highest BCUT2D eigenvalue weighted by atomic mass is 16.5. The average Bonchev–Trinajstić information content (AvgIpc) is 3.38. The molecule has 3 fully saturated rings. The predicted molar refractivity (Wildman–Crippen MR) is 100 cm³/mol. The van der Waals surface area contributed by atoms with Gasteiger partial charge in [0.2, 0.25) is 17.7 Å². The first-order valence-electron chi connectivity index (χ1n) is 10.1. The molecule has 3 aliphatic rings. The lowest BCUT2D eigenvalue weighted by Crippen LogP contribution is -2.50. The number of hydrogen-bond donors (Lipinski definition) is 1. The van der Waals surface area contributed by atoms with Crippen LogP contribution in [0.2, 0.25) is 0 Å². The zero-order chi connectivity index (χ0) is 20.2. The topological polar surface area (TPSA) is 93.5 Å². The lowest BCUT2D eigenvalue weighted by molar-refractivity contribution is -0.149. The smallest absolute Gasteiger partial charge is 0.243 e. The Morgan fingerprint density at radius 1 is 1.21 bits per heavy atom. The van der Waals surface area contributed by atoms with Gasteiger partial charge in [-0.25, -0.2) is 0 Å². The minimum Gasteiger partial charge on any atom is -0.373 e. The summed E-state index contributed by atoms with van der Waals surface area (Å²) in [6.45, 7) is 8.77. The maximum absolute atomic E-state index is 12.8. The number of aromatic nitrogens is 2. The molecule has 8 nitrogen and oxygen atoms in total. The molecule has 4 rings (SSSR count). The third-order valence-corrected chi connectivity index (χ3v) is 6.30. The summed E-state index contributed by atoms with van der Waals surface area (Å²) in [5.74, 6) is -1.42. The van der Waals surface area contributed by atoms with Crippen LogP contribution in [0.15, 0.2) is 6.07 Å². The molecule has 1 N–H and O–H groups in total. The van der Waals surface area contributed by atoms with Gasteiger partial charge in [0.15, 0.2) is 0 Å². The standard InChI is InChI=1S/C20H28N4O4/c1-10(9-23-12(3)7-11(2)22-23)8-21-18(25)13(4)24-19(26)16-14-5-6-15(28-14)17(16)20(24)27/h7,10,13-17H,5-6,8-9H2,1-4H3,(H,21,25)/t10-,13-,14-,15-,16-,17+/m1/s1. The van der Waals surface area contributed by atoms with Crippen molar-refractivity contribution in [1.82, 2.24) is 20.0 Å². The Kier molecular flexibility index (Phi) is 4.77. The number of amides is 3. The predicted octanol–water partition coefficient (Wildman–Crippen LogP) is 0.803. The zero-order valence-corrected chi connectivity index (χ0v) is 16.8. The monoisotopic (exact) mass is 388 g/mol. The fourth-order valence-corrected chi connectivity index (χ4v) is 4.88. The van der Waals surface area contributed by atoms with Crippen LogP contribution in [-0.2, 0) is 25.7 Å². The lowest BCUT2D eigenvalue weighted by atomic mass is 9.81. The van der Waals surface area contributed by atoms with Gasteiger partial charge in [-0.1, -0.05) is 6.92 Å². The SMILES string of the molecule is Cc1cc(C)n(C[C@H](C)CNC(=O)[C@@H](C)N2C(=O)[C@@H]3[C@H](C2=O)[C@H]2CC[C@H]3O2)n1. The Labute approximate surface area is 164 Å². The molecule has 3 saturated heterocycles. The third kappa shape index (κ3) is 3.03. The summed E-state index contributed by atoms with van der Waals surface area (Å²) in [5.41, 5.74) is 2.05. The van der Waals surface area contributed by atoms with Gasteiger partial charge < -0.3 is 10.1 Å². The van der Waals surface area contributed by atoms with Crippen molar-refractivity contribution in [3.63, 3.8) is 0 Å². The van der Waals surface area contributed by atoms with E-state index >= 15 is 0 Å². The molecular formula is C20H28N4O4. The summed E-state index contributed by atoms with van der Waals surface area (Å²) in [5, 5.41) is 7.34. The number of likely N-dealkylation sites (tertiary alicyclic amines) is 1. The van der Waals surface area contributed by atoms with Gasteiger partial charge in [0.25, 0.3) is 0 Å². The molecule has 6 atom stereocenters. The van der Waals surface area contributed by atoms with E-state index in [4.69, 9.17) is 4.74 Å². The first kappa shape index (κ1) is 19.1. The van der Waals surface area contributed by atoms with E-state index in [2.05, 4.69) is 10.4 Å². The van der Waals surface area contributed by atoms with Crippen molar-refractivity contribution < 1.29 is 19.1 Å². The molecule has 0 spiro atoms. The van der Waals surface area contributed by atoms with Gasteiger partial charge in [0, 0.05) is 18.8 Å². The average molecular weight is 388 g/mol. The minimum atomic E-state index is -0.800. The van der Waals surface area contributed by atoms with Crippen LogP contribution in [0.25, 0.3) is 0 Å². The molecule has 0 radical (unpaired) electrons. The number of rotatable bonds is 6. The van der Waals surface area contributed by atoms with Gasteiger partial charge in [-0.15, -0.1) is 0 Å². The maximum atomic E-state index is 12.8. The molecule has 152 valence electrons. The highest BCUT2D eigenvalue weighted by Crippen LogP contribution is 2.48. The Bertz CT molecular complexity index is 791. The van der Waals surface area contributed by atoms with E-state index in [9.17, 15) is 14.4 Å². The maximum Gasteiger partial charge on any atom is 0.243 e. The molecule has 1 aromatic heterocycles. The number of nitrogens with one attached hydrogen (secondary N) is 1. The number of carbonyl (C=O) groups excluding carboxylic acids is 3. The van der Waals surface area contributed by atoms with Crippen molar-refractivity contribution in [2.75, 3.05) is 6.54 Å². The fourth-order valence-electron chi connectivity index (χ4n) is 4.88. The molecular weight excluding hydrogens is 360 g/mol. The van der Waals surface area contributed by atoms with Gasteiger partial charge in [0.1, 0.15) is 6.04 Å². The normalized spacial score (nSPS) is 30.6. The summed E-state index contributed by atoms with van der Waals surface area (Å²) in [6.07, 6.45) is 1.33. The molecule has 1 aromatic rings. The highest BCUT2D eigenvalue weighted by molar-refractivity contribution is 6.09. The van der Waals surface area contributed by atoms with E-state index in [1.165, 1.54) is 4.90 Å². The van der Waals surface area contributed by atoms with Crippen LogP contribution in [0.5, 0.6) is 0 Å². The molecule has 3 amide bonds. The number of imide groups is 1. The van der Waals surface area contributed by atoms with Crippen LogP contribution in [0.1, 0.15) is 38.1 Å². The number of ether oxygens (including phenoxy) is 1. The van der Waals surface area contributed by atoms with Crippen LogP contribution < -0.4 is 5.32 Å². The van der Waals surface area contributed by atoms with Crippen LogP contribution in [0.3, 0.4) is 0 Å². The Hall–Kier alpha value is -2.22. The number of fused-ring (bicyclic) bond motifs is 5. The molecule has 2 bridgehead atoms. The highest BCUT2D eigenvalue weighted by Gasteiger charge is 2.63. The first-order chi connectivity index (χ1) is 13.3. The van der Waals surface area contributed by atoms with Crippen molar-refractivity contribution in [3.8, 4) is 0 Å². The summed E-state index contributed by atoms with van der Waals surface area (Å²) in [4.78, 5) is 39.4. The van der Waals surface area contributed by atoms with Crippen molar-refractivity contribution in [2.45, 2.75) is 65.3 Å². The van der Waals surface area contributed by atoms with E-state index in [0.29, 0.717) is 13.1 Å². The van der Waals surface area contributed by atoms with Gasteiger partial charge in [-0.3, -0.25) is 24.0 Å². The van der Waals surface area contributed by atoms with Gasteiger partial charge in [-0.05, 0) is 45.6 Å². The molecule has 0 aromatic carbocycles. The second kappa shape index (κ2) is 6.99. The number of nitrogens with zero attached hydrogens (tertiary/aromatic N) is 3.